The van der Waals surface area contributed by atoms with Crippen molar-refractivity contribution in [2.24, 2.45) is 0 Å². The molecule has 0 amide bonds. The largest absolute Gasteiger partial charge is 0.464 e. The van der Waals surface area contributed by atoms with Crippen LogP contribution in [0.3, 0.4) is 0 Å². The minimum absolute atomic E-state index is 0.173. The summed E-state index contributed by atoms with van der Waals surface area (Å²) in [5.74, 6) is -0.160. The van der Waals surface area contributed by atoms with Crippen LogP contribution in [0.5, 0.6) is 0 Å². The number of anilines is 1. The van der Waals surface area contributed by atoms with Crippen molar-refractivity contribution in [2.75, 3.05) is 12.8 Å². The van der Waals surface area contributed by atoms with Gasteiger partial charge >= 0.3 is 5.97 Å². The van der Waals surface area contributed by atoms with E-state index in [1.54, 1.807) is 10.9 Å². The molecular weight excluding hydrogens is 242 g/mol. The topological polar surface area (TPSA) is 70.1 Å². The maximum absolute atomic E-state index is 11.4. The zero-order valence-corrected chi connectivity index (χ0v) is 11.1. The third kappa shape index (κ3) is 2.76. The van der Waals surface area contributed by atoms with Crippen LogP contribution in [-0.2, 0) is 17.7 Å². The highest BCUT2D eigenvalue weighted by molar-refractivity contribution is 5.92. The van der Waals surface area contributed by atoms with E-state index in [0.717, 1.165) is 6.42 Å². The Morgan fingerprint density at radius 3 is 2.84 bits per heavy atom. The molecule has 100 valence electrons. The van der Waals surface area contributed by atoms with E-state index in [-0.39, 0.29) is 5.69 Å². The van der Waals surface area contributed by atoms with Crippen LogP contribution in [0.25, 0.3) is 0 Å². The lowest BCUT2D eigenvalue weighted by atomic mass is 10.1. The number of nitrogen functional groups attached to an aromatic ring is 1. The van der Waals surface area contributed by atoms with Crippen molar-refractivity contribution >= 4 is 11.8 Å². The molecule has 0 bridgehead atoms. The fraction of sp³-hybridized carbons (Fsp3) is 0.286. The number of imidazole rings is 1. The second-order valence-electron chi connectivity index (χ2n) is 4.34. The van der Waals surface area contributed by atoms with Crippen LogP contribution >= 0.6 is 0 Å². The van der Waals surface area contributed by atoms with Crippen molar-refractivity contribution < 1.29 is 9.53 Å². The molecule has 1 heterocycles. The molecule has 0 unspecified atom stereocenters. The molecule has 0 aliphatic rings. The van der Waals surface area contributed by atoms with Crippen molar-refractivity contribution in [3.05, 3.63) is 47.4 Å². The zero-order chi connectivity index (χ0) is 13.8. The Bertz CT molecular complexity index is 590. The molecule has 5 heteroatoms. The average molecular weight is 259 g/mol. The Morgan fingerprint density at radius 1 is 1.42 bits per heavy atom. The number of benzene rings is 1. The summed E-state index contributed by atoms with van der Waals surface area (Å²) < 4.78 is 6.38. The maximum Gasteiger partial charge on any atom is 0.360 e. The van der Waals surface area contributed by atoms with Crippen molar-refractivity contribution in [1.29, 1.82) is 0 Å². The summed E-state index contributed by atoms with van der Waals surface area (Å²) in [6.07, 6.45) is 2.41. The lowest BCUT2D eigenvalue weighted by Crippen LogP contribution is -2.09. The molecule has 0 spiro atoms. The number of nitrogens with zero attached hydrogens (tertiary/aromatic N) is 2. The van der Waals surface area contributed by atoms with Gasteiger partial charge in [0.15, 0.2) is 5.69 Å². The summed E-state index contributed by atoms with van der Waals surface area (Å²) >= 11 is 0. The predicted molar refractivity (Wildman–Crippen MR) is 72.9 cm³/mol. The minimum Gasteiger partial charge on any atom is -0.464 e. The highest BCUT2D eigenvalue weighted by Crippen LogP contribution is 2.14. The van der Waals surface area contributed by atoms with Gasteiger partial charge in [-0.05, 0) is 24.5 Å². The van der Waals surface area contributed by atoms with Gasteiger partial charge in [-0.15, -0.1) is 0 Å². The molecule has 5 nitrogen and oxygen atoms in total. The number of hydrogen-bond acceptors (Lipinski definition) is 4. The molecule has 0 aliphatic carbocycles. The van der Waals surface area contributed by atoms with Gasteiger partial charge in [0.25, 0.3) is 0 Å². The summed E-state index contributed by atoms with van der Waals surface area (Å²) in [7, 11) is 1.31. The van der Waals surface area contributed by atoms with Crippen molar-refractivity contribution in [3.8, 4) is 0 Å². The smallest absolute Gasteiger partial charge is 0.360 e. The molecule has 0 fully saturated rings. The summed E-state index contributed by atoms with van der Waals surface area (Å²) in [6, 6.07) is 8.19. The molecule has 0 radical (unpaired) electrons. The highest BCUT2D eigenvalue weighted by Gasteiger charge is 2.15. The zero-order valence-electron chi connectivity index (χ0n) is 11.1. The quantitative estimate of drug-likeness (QED) is 0.850. The van der Waals surface area contributed by atoms with Gasteiger partial charge in [-0.3, -0.25) is 0 Å². The Hall–Kier alpha value is -2.30. The van der Waals surface area contributed by atoms with Crippen LogP contribution in [0.15, 0.2) is 30.6 Å². The van der Waals surface area contributed by atoms with E-state index >= 15 is 0 Å². The fourth-order valence-corrected chi connectivity index (χ4v) is 1.96. The van der Waals surface area contributed by atoms with Gasteiger partial charge < -0.3 is 15.0 Å². The molecule has 0 aliphatic heterocycles. The number of ether oxygens (including phenoxy) is 1. The number of rotatable bonds is 4. The first-order valence-electron chi connectivity index (χ1n) is 6.07. The Balaban J connectivity index is 2.11. The Kier molecular flexibility index (Phi) is 3.85. The number of nitrogens with two attached hydrogens (primary N) is 1. The van der Waals surface area contributed by atoms with Gasteiger partial charge in [0.05, 0.1) is 13.4 Å². The van der Waals surface area contributed by atoms with Crippen LogP contribution in [0, 0.1) is 6.92 Å². The van der Waals surface area contributed by atoms with E-state index in [4.69, 9.17) is 5.73 Å². The predicted octanol–water partition coefficient (Wildman–Crippen LogP) is 1.80. The molecule has 0 saturated heterocycles. The fourth-order valence-electron chi connectivity index (χ4n) is 1.96. The van der Waals surface area contributed by atoms with Gasteiger partial charge in [-0.25, -0.2) is 9.78 Å². The highest BCUT2D eigenvalue weighted by atomic mass is 16.5. The number of esters is 1. The number of carbonyl (C=O) groups is 1. The number of aryl methyl sites for hydroxylation is 3. The molecule has 19 heavy (non-hydrogen) atoms. The van der Waals surface area contributed by atoms with E-state index in [1.165, 1.54) is 18.2 Å². The number of carbonyl (C=O) groups excluding carboxylic acids is 1. The average Bonchev–Trinajstić information content (AvgIpc) is 2.78. The first kappa shape index (κ1) is 13.1. The Morgan fingerprint density at radius 2 is 2.16 bits per heavy atom. The first-order chi connectivity index (χ1) is 9.13. The second-order valence-corrected chi connectivity index (χ2v) is 4.34. The van der Waals surface area contributed by atoms with E-state index in [1.807, 2.05) is 12.1 Å². The van der Waals surface area contributed by atoms with Gasteiger partial charge in [0.2, 0.25) is 0 Å². The van der Waals surface area contributed by atoms with Crippen LogP contribution < -0.4 is 5.73 Å². The van der Waals surface area contributed by atoms with E-state index in [0.29, 0.717) is 12.4 Å². The molecule has 2 aromatic rings. The molecular formula is C14H17N3O2. The normalized spacial score (nSPS) is 10.4. The third-order valence-corrected chi connectivity index (χ3v) is 3.14. The molecule has 0 atom stereocenters. The summed E-state index contributed by atoms with van der Waals surface area (Å²) in [4.78, 5) is 15.4. The molecule has 0 saturated carbocycles. The SMILES string of the molecule is COC(=O)c1ncn(CCc2ccccc2C)c1N. The monoisotopic (exact) mass is 259 g/mol. The van der Waals surface area contributed by atoms with E-state index < -0.39 is 5.97 Å². The third-order valence-electron chi connectivity index (χ3n) is 3.14. The van der Waals surface area contributed by atoms with Gasteiger partial charge in [0.1, 0.15) is 5.82 Å². The minimum atomic E-state index is -0.507. The van der Waals surface area contributed by atoms with E-state index in [2.05, 4.69) is 28.8 Å². The van der Waals surface area contributed by atoms with E-state index in [9.17, 15) is 4.79 Å². The van der Waals surface area contributed by atoms with Gasteiger partial charge in [-0.2, -0.15) is 0 Å². The first-order valence-corrected chi connectivity index (χ1v) is 6.07. The van der Waals surface area contributed by atoms with Crippen LogP contribution in [0.4, 0.5) is 5.82 Å². The van der Waals surface area contributed by atoms with Gasteiger partial charge in [0, 0.05) is 6.54 Å². The van der Waals surface area contributed by atoms with Crippen LogP contribution in [-0.4, -0.2) is 22.6 Å². The summed E-state index contributed by atoms with van der Waals surface area (Å²) in [6.45, 7) is 2.76. The standard InChI is InChI=1S/C14H17N3O2/c1-10-5-3-4-6-11(10)7-8-17-9-16-12(13(17)15)14(18)19-2/h3-6,9H,7-8,15H2,1-2H3. The van der Waals surface area contributed by atoms with Crippen molar-refractivity contribution in [2.45, 2.75) is 19.9 Å². The summed E-state index contributed by atoms with van der Waals surface area (Å²) in [5, 5.41) is 0. The second kappa shape index (κ2) is 5.56. The lowest BCUT2D eigenvalue weighted by molar-refractivity contribution is 0.0596. The number of methoxy groups -OCH3 is 1. The number of hydrogen-bond donors (Lipinski definition) is 1. The number of aromatic nitrogens is 2. The van der Waals surface area contributed by atoms with Crippen LogP contribution in [0.1, 0.15) is 21.6 Å². The molecule has 1 aromatic heterocycles. The maximum atomic E-state index is 11.4. The molecule has 2 rings (SSSR count). The van der Waals surface area contributed by atoms with Crippen LogP contribution in [0.2, 0.25) is 0 Å². The Labute approximate surface area is 112 Å². The van der Waals surface area contributed by atoms with Crippen molar-refractivity contribution in [1.82, 2.24) is 9.55 Å². The summed E-state index contributed by atoms with van der Waals surface area (Å²) in [5.41, 5.74) is 8.56. The van der Waals surface area contributed by atoms with Gasteiger partial charge in [-0.1, -0.05) is 24.3 Å². The molecule has 2 N–H and O–H groups in total. The molecule has 1 aromatic carbocycles. The lowest BCUT2D eigenvalue weighted by Gasteiger charge is -2.07. The van der Waals surface area contributed by atoms with Crippen molar-refractivity contribution in [3.63, 3.8) is 0 Å².